The first-order valence-electron chi connectivity index (χ1n) is 5.78. The summed E-state index contributed by atoms with van der Waals surface area (Å²) in [4.78, 5) is 0. The summed E-state index contributed by atoms with van der Waals surface area (Å²) in [5, 5.41) is 8.93. The molecule has 0 amide bonds. The molecule has 1 aromatic heterocycles. The maximum atomic E-state index is 6.26. The van der Waals surface area contributed by atoms with Gasteiger partial charge in [0.15, 0.2) is 5.82 Å². The van der Waals surface area contributed by atoms with E-state index in [-0.39, 0.29) is 5.28 Å². The molecule has 20 heavy (non-hydrogen) atoms. The van der Waals surface area contributed by atoms with Crippen LogP contribution in [-0.2, 0) is 0 Å². The van der Waals surface area contributed by atoms with Gasteiger partial charge in [-0.05, 0) is 29.8 Å². The first kappa shape index (κ1) is 13.6. The standard InChI is InChI=1S/C14H8BrCl2N3/c15-10-6-7-11(16)12(8-10)20-13(18-19-14(20)17)9-4-2-1-3-5-9/h1-8H. The first-order valence-corrected chi connectivity index (χ1v) is 7.33. The zero-order valence-corrected chi connectivity index (χ0v) is 13.2. The van der Waals surface area contributed by atoms with Gasteiger partial charge < -0.3 is 0 Å². The quantitative estimate of drug-likeness (QED) is 0.636. The average molecular weight is 369 g/mol. The van der Waals surface area contributed by atoms with Crippen molar-refractivity contribution in [2.45, 2.75) is 0 Å². The summed E-state index contributed by atoms with van der Waals surface area (Å²) < 4.78 is 2.63. The summed E-state index contributed by atoms with van der Waals surface area (Å²) in [5.41, 5.74) is 1.65. The van der Waals surface area contributed by atoms with E-state index < -0.39 is 0 Å². The minimum Gasteiger partial charge on any atom is -0.264 e. The highest BCUT2D eigenvalue weighted by atomic mass is 79.9. The van der Waals surface area contributed by atoms with Crippen LogP contribution >= 0.6 is 39.1 Å². The van der Waals surface area contributed by atoms with E-state index in [2.05, 4.69) is 26.1 Å². The van der Waals surface area contributed by atoms with Crippen LogP contribution in [0.1, 0.15) is 0 Å². The predicted octanol–water partition coefficient (Wildman–Crippen LogP) is 5.00. The Morgan fingerprint density at radius 2 is 1.70 bits per heavy atom. The Hall–Kier alpha value is -1.36. The molecule has 0 aliphatic rings. The van der Waals surface area contributed by atoms with Gasteiger partial charge in [-0.1, -0.05) is 57.9 Å². The van der Waals surface area contributed by atoms with Gasteiger partial charge in [0.25, 0.3) is 0 Å². The van der Waals surface area contributed by atoms with Gasteiger partial charge in [-0.25, -0.2) is 0 Å². The van der Waals surface area contributed by atoms with Gasteiger partial charge in [-0.3, -0.25) is 4.57 Å². The fourth-order valence-electron chi connectivity index (χ4n) is 1.91. The lowest BCUT2D eigenvalue weighted by Gasteiger charge is -2.10. The van der Waals surface area contributed by atoms with Gasteiger partial charge >= 0.3 is 0 Å². The average Bonchev–Trinajstić information content (AvgIpc) is 2.84. The van der Waals surface area contributed by atoms with Crippen molar-refractivity contribution >= 4 is 39.1 Å². The third-order valence-electron chi connectivity index (χ3n) is 2.80. The fraction of sp³-hybridized carbons (Fsp3) is 0. The molecule has 0 saturated heterocycles. The normalized spacial score (nSPS) is 10.8. The van der Waals surface area contributed by atoms with Crippen molar-refractivity contribution in [1.29, 1.82) is 0 Å². The molecule has 0 N–H and O–H groups in total. The zero-order chi connectivity index (χ0) is 14.1. The van der Waals surface area contributed by atoms with Crippen molar-refractivity contribution in [1.82, 2.24) is 14.8 Å². The van der Waals surface area contributed by atoms with E-state index in [1.54, 1.807) is 10.6 Å². The molecule has 0 radical (unpaired) electrons. The molecule has 0 unspecified atom stereocenters. The Labute approximate surface area is 134 Å². The highest BCUT2D eigenvalue weighted by molar-refractivity contribution is 9.10. The van der Waals surface area contributed by atoms with Crippen molar-refractivity contribution in [2.24, 2.45) is 0 Å². The van der Waals surface area contributed by atoms with Crippen LogP contribution in [0.3, 0.4) is 0 Å². The zero-order valence-electron chi connectivity index (χ0n) is 10.1. The van der Waals surface area contributed by atoms with Gasteiger partial charge in [0.2, 0.25) is 5.28 Å². The summed E-state index contributed by atoms with van der Waals surface area (Å²) in [6.07, 6.45) is 0. The predicted molar refractivity (Wildman–Crippen MR) is 84.5 cm³/mol. The summed E-state index contributed by atoms with van der Waals surface area (Å²) in [7, 11) is 0. The van der Waals surface area contributed by atoms with E-state index in [9.17, 15) is 0 Å². The van der Waals surface area contributed by atoms with E-state index in [1.165, 1.54) is 0 Å². The van der Waals surface area contributed by atoms with Crippen molar-refractivity contribution in [3.05, 3.63) is 63.3 Å². The van der Waals surface area contributed by atoms with E-state index in [4.69, 9.17) is 23.2 Å². The molecule has 0 fully saturated rings. The number of aromatic nitrogens is 3. The van der Waals surface area contributed by atoms with Crippen molar-refractivity contribution in [3.63, 3.8) is 0 Å². The lowest BCUT2D eigenvalue weighted by molar-refractivity contribution is 1.06. The molecule has 3 rings (SSSR count). The molecule has 0 spiro atoms. The SMILES string of the molecule is Clc1ccc(Br)cc1-n1c(Cl)nnc1-c1ccccc1. The highest BCUT2D eigenvalue weighted by Crippen LogP contribution is 2.31. The number of rotatable bonds is 2. The van der Waals surface area contributed by atoms with Gasteiger partial charge in [0.1, 0.15) is 0 Å². The summed E-state index contributed by atoms with van der Waals surface area (Å²) >= 11 is 15.9. The maximum Gasteiger partial charge on any atom is 0.229 e. The van der Waals surface area contributed by atoms with Crippen molar-refractivity contribution < 1.29 is 0 Å². The molecule has 6 heteroatoms. The Kier molecular flexibility index (Phi) is 3.78. The fourth-order valence-corrected chi connectivity index (χ4v) is 2.67. The third-order valence-corrected chi connectivity index (χ3v) is 3.86. The lowest BCUT2D eigenvalue weighted by Crippen LogP contribution is -1.99. The number of benzene rings is 2. The molecule has 3 aromatic rings. The van der Waals surface area contributed by atoms with Gasteiger partial charge in [0, 0.05) is 10.0 Å². The number of hydrogen-bond acceptors (Lipinski definition) is 2. The molecular formula is C14H8BrCl2N3. The van der Waals surface area contributed by atoms with Gasteiger partial charge in [0.05, 0.1) is 10.7 Å². The smallest absolute Gasteiger partial charge is 0.229 e. The van der Waals surface area contributed by atoms with Crippen LogP contribution in [0.2, 0.25) is 10.3 Å². The van der Waals surface area contributed by atoms with Crippen LogP contribution in [0.5, 0.6) is 0 Å². The molecule has 0 saturated carbocycles. The Morgan fingerprint density at radius 1 is 0.950 bits per heavy atom. The summed E-state index contributed by atoms with van der Waals surface area (Å²) in [5.74, 6) is 0.649. The Bertz CT molecular complexity index is 756. The number of halogens is 3. The topological polar surface area (TPSA) is 30.7 Å². The second kappa shape index (κ2) is 5.56. The van der Waals surface area contributed by atoms with Gasteiger partial charge in [-0.2, -0.15) is 0 Å². The molecule has 3 nitrogen and oxygen atoms in total. The molecule has 1 heterocycles. The molecule has 0 bridgehead atoms. The highest BCUT2D eigenvalue weighted by Gasteiger charge is 2.16. The van der Waals surface area contributed by atoms with Crippen LogP contribution < -0.4 is 0 Å². The second-order valence-electron chi connectivity index (χ2n) is 4.09. The lowest BCUT2D eigenvalue weighted by atomic mass is 10.2. The molecule has 0 aliphatic heterocycles. The molecule has 0 atom stereocenters. The van der Waals surface area contributed by atoms with E-state index >= 15 is 0 Å². The van der Waals surface area contributed by atoms with E-state index in [0.29, 0.717) is 10.8 Å². The van der Waals surface area contributed by atoms with Crippen molar-refractivity contribution in [2.75, 3.05) is 0 Å². The van der Waals surface area contributed by atoms with E-state index in [0.717, 1.165) is 15.7 Å². The summed E-state index contributed by atoms with van der Waals surface area (Å²) in [6, 6.07) is 15.3. The monoisotopic (exact) mass is 367 g/mol. The summed E-state index contributed by atoms with van der Waals surface area (Å²) in [6.45, 7) is 0. The first-order chi connectivity index (χ1) is 9.66. The largest absolute Gasteiger partial charge is 0.264 e. The maximum absolute atomic E-state index is 6.26. The van der Waals surface area contributed by atoms with Gasteiger partial charge in [-0.15, -0.1) is 10.2 Å². The molecule has 0 aliphatic carbocycles. The number of nitrogens with zero attached hydrogens (tertiary/aromatic N) is 3. The minimum atomic E-state index is 0.267. The van der Waals surface area contributed by atoms with Crippen LogP contribution in [0.4, 0.5) is 0 Å². The van der Waals surface area contributed by atoms with Crippen LogP contribution in [0, 0.1) is 0 Å². The number of hydrogen-bond donors (Lipinski definition) is 0. The van der Waals surface area contributed by atoms with E-state index in [1.807, 2.05) is 42.5 Å². The van der Waals surface area contributed by atoms with Crippen LogP contribution in [-0.4, -0.2) is 14.8 Å². The molecule has 2 aromatic carbocycles. The molecular weight excluding hydrogens is 361 g/mol. The van der Waals surface area contributed by atoms with Crippen LogP contribution in [0.25, 0.3) is 17.1 Å². The van der Waals surface area contributed by atoms with Crippen LogP contribution in [0.15, 0.2) is 53.0 Å². The minimum absolute atomic E-state index is 0.267. The second-order valence-corrected chi connectivity index (χ2v) is 5.75. The Morgan fingerprint density at radius 3 is 2.45 bits per heavy atom. The third kappa shape index (κ3) is 2.46. The molecule has 100 valence electrons. The Balaban J connectivity index is 2.24. The van der Waals surface area contributed by atoms with Crippen molar-refractivity contribution in [3.8, 4) is 17.1 Å².